The number of hydrogen-bond donors (Lipinski definition) is 2. The van der Waals surface area contributed by atoms with Gasteiger partial charge in [-0.1, -0.05) is 0 Å². The maximum Gasteiger partial charge on any atom is 0.336 e. The lowest BCUT2D eigenvalue weighted by Crippen LogP contribution is -2.44. The monoisotopic (exact) mass is 425 g/mol. The first-order chi connectivity index (χ1) is 14.8. The fraction of sp³-hybridized carbons (Fsp3) is 0.542. The molecule has 1 aliphatic carbocycles. The van der Waals surface area contributed by atoms with E-state index in [1.165, 1.54) is 18.9 Å². The molecule has 0 unspecified atom stereocenters. The van der Waals surface area contributed by atoms with Crippen LogP contribution in [0.25, 0.3) is 11.0 Å². The van der Waals surface area contributed by atoms with E-state index in [-0.39, 0.29) is 23.5 Å². The largest absolute Gasteiger partial charge is 0.423 e. The van der Waals surface area contributed by atoms with Gasteiger partial charge in [0.05, 0.1) is 0 Å². The molecule has 2 heterocycles. The van der Waals surface area contributed by atoms with Crippen LogP contribution >= 0.6 is 0 Å². The summed E-state index contributed by atoms with van der Waals surface area (Å²) in [5.41, 5.74) is 2.60. The van der Waals surface area contributed by atoms with Crippen molar-refractivity contribution in [1.29, 1.82) is 0 Å². The lowest BCUT2D eigenvalue weighted by molar-refractivity contribution is -0.119. The van der Waals surface area contributed by atoms with Crippen LogP contribution in [0.15, 0.2) is 27.4 Å². The number of hydrogen-bond acceptors (Lipinski definition) is 5. The predicted octanol–water partition coefficient (Wildman–Crippen LogP) is 3.12. The fourth-order valence-corrected chi connectivity index (χ4v) is 4.63. The number of nitrogens with one attached hydrogen (secondary N) is 2. The summed E-state index contributed by atoms with van der Waals surface area (Å²) in [4.78, 5) is 38.4. The number of likely N-dealkylation sites (tertiary alicyclic amines) is 1. The van der Waals surface area contributed by atoms with Crippen molar-refractivity contribution in [3.8, 4) is 0 Å². The second-order valence-electron chi connectivity index (χ2n) is 9.13. The number of amides is 2. The molecule has 1 saturated carbocycles. The minimum absolute atomic E-state index is 0.00882. The van der Waals surface area contributed by atoms with Crippen LogP contribution in [0.5, 0.6) is 0 Å². The molecule has 0 radical (unpaired) electrons. The number of nitrogens with zero attached hydrogens (tertiary/aromatic N) is 1. The molecule has 0 spiro atoms. The number of benzene rings is 1. The van der Waals surface area contributed by atoms with Gasteiger partial charge in [0.1, 0.15) is 5.58 Å². The van der Waals surface area contributed by atoms with Gasteiger partial charge in [0.25, 0.3) is 0 Å². The number of anilines is 1. The highest BCUT2D eigenvalue weighted by Gasteiger charge is 2.37. The minimum atomic E-state index is -0.369. The van der Waals surface area contributed by atoms with Crippen molar-refractivity contribution < 1.29 is 14.0 Å². The molecule has 1 aromatic heterocycles. The third-order valence-corrected chi connectivity index (χ3v) is 6.52. The van der Waals surface area contributed by atoms with Crippen LogP contribution in [0.2, 0.25) is 0 Å². The van der Waals surface area contributed by atoms with Gasteiger partial charge in [0, 0.05) is 55.7 Å². The van der Waals surface area contributed by atoms with Crippen LogP contribution in [0.1, 0.15) is 50.2 Å². The van der Waals surface area contributed by atoms with E-state index in [4.69, 9.17) is 4.42 Å². The summed E-state index contributed by atoms with van der Waals surface area (Å²) >= 11 is 0. The van der Waals surface area contributed by atoms with Crippen LogP contribution in [-0.2, 0) is 9.59 Å². The van der Waals surface area contributed by atoms with Gasteiger partial charge in [-0.25, -0.2) is 4.79 Å². The van der Waals surface area contributed by atoms with E-state index in [0.717, 1.165) is 47.5 Å². The number of carbonyl (C=O) groups excluding carboxylic acids is 2. The summed E-state index contributed by atoms with van der Waals surface area (Å²) in [6.45, 7) is 6.97. The van der Waals surface area contributed by atoms with E-state index in [0.29, 0.717) is 24.6 Å². The molecule has 4 rings (SSSR count). The Labute approximate surface area is 182 Å². The Morgan fingerprint density at radius 2 is 1.81 bits per heavy atom. The Hall–Kier alpha value is -2.67. The molecule has 2 atom stereocenters. The van der Waals surface area contributed by atoms with E-state index in [1.807, 2.05) is 19.9 Å². The zero-order chi connectivity index (χ0) is 22.1. The molecule has 1 aliphatic heterocycles. The van der Waals surface area contributed by atoms with Gasteiger partial charge in [-0.15, -0.1) is 0 Å². The van der Waals surface area contributed by atoms with E-state index >= 15 is 0 Å². The normalized spacial score (nSPS) is 21.4. The molecular weight excluding hydrogens is 394 g/mol. The SMILES string of the molecule is CC(=O)NC[C@H]1CC[C@@H](CC(=O)Nc2cc3c(C)cc(=O)oc3cc2C)N1CC1CC1. The molecule has 1 aromatic carbocycles. The Balaban J connectivity index is 1.45. The van der Waals surface area contributed by atoms with Crippen LogP contribution in [0, 0.1) is 19.8 Å². The summed E-state index contributed by atoms with van der Waals surface area (Å²) < 4.78 is 5.29. The maximum atomic E-state index is 12.9. The number of rotatable bonds is 7. The van der Waals surface area contributed by atoms with Gasteiger partial charge >= 0.3 is 5.63 Å². The quantitative estimate of drug-likeness (QED) is 0.665. The maximum absolute atomic E-state index is 12.9. The Bertz CT molecular complexity index is 1060. The molecule has 0 bridgehead atoms. The Morgan fingerprint density at radius 1 is 1.06 bits per heavy atom. The van der Waals surface area contributed by atoms with Gasteiger partial charge in [0.2, 0.25) is 11.8 Å². The molecule has 2 aliphatic rings. The Kier molecular flexibility index (Phi) is 6.14. The summed E-state index contributed by atoms with van der Waals surface area (Å²) in [5.74, 6) is 0.706. The second kappa shape index (κ2) is 8.83. The van der Waals surface area contributed by atoms with Crippen molar-refractivity contribution in [3.63, 3.8) is 0 Å². The number of fused-ring (bicyclic) bond motifs is 1. The van der Waals surface area contributed by atoms with Gasteiger partial charge in [-0.05, 0) is 68.7 Å². The van der Waals surface area contributed by atoms with Crippen LogP contribution in [-0.4, -0.2) is 41.9 Å². The van der Waals surface area contributed by atoms with Crippen molar-refractivity contribution in [2.45, 2.75) is 65.0 Å². The van der Waals surface area contributed by atoms with Gasteiger partial charge < -0.3 is 15.1 Å². The molecule has 2 aromatic rings. The molecule has 2 amide bonds. The zero-order valence-electron chi connectivity index (χ0n) is 18.5. The summed E-state index contributed by atoms with van der Waals surface area (Å²) in [6, 6.07) is 5.65. The molecule has 7 nitrogen and oxygen atoms in total. The third-order valence-electron chi connectivity index (χ3n) is 6.52. The topological polar surface area (TPSA) is 91.7 Å². The fourth-order valence-electron chi connectivity index (χ4n) is 4.63. The van der Waals surface area contributed by atoms with Crippen molar-refractivity contribution in [2.24, 2.45) is 5.92 Å². The predicted molar refractivity (Wildman–Crippen MR) is 120 cm³/mol. The van der Waals surface area contributed by atoms with E-state index < -0.39 is 0 Å². The summed E-state index contributed by atoms with van der Waals surface area (Å²) in [7, 11) is 0. The highest BCUT2D eigenvalue weighted by molar-refractivity contribution is 5.95. The van der Waals surface area contributed by atoms with E-state index in [2.05, 4.69) is 15.5 Å². The molecular formula is C24H31N3O4. The van der Waals surface area contributed by atoms with Crippen LogP contribution in [0.3, 0.4) is 0 Å². The first-order valence-electron chi connectivity index (χ1n) is 11.2. The smallest absolute Gasteiger partial charge is 0.336 e. The average molecular weight is 426 g/mol. The minimum Gasteiger partial charge on any atom is -0.423 e. The van der Waals surface area contributed by atoms with Crippen molar-refractivity contribution >= 4 is 28.5 Å². The van der Waals surface area contributed by atoms with E-state index in [1.54, 1.807) is 13.0 Å². The lowest BCUT2D eigenvalue weighted by atomic mass is 10.1. The summed E-state index contributed by atoms with van der Waals surface area (Å²) in [5, 5.41) is 6.84. The third kappa shape index (κ3) is 5.15. The van der Waals surface area contributed by atoms with Gasteiger partial charge in [-0.3, -0.25) is 14.5 Å². The molecule has 1 saturated heterocycles. The van der Waals surface area contributed by atoms with Gasteiger partial charge in [-0.2, -0.15) is 0 Å². The highest BCUT2D eigenvalue weighted by atomic mass is 16.4. The first-order valence-corrected chi connectivity index (χ1v) is 11.2. The van der Waals surface area contributed by atoms with Crippen molar-refractivity contribution in [3.05, 3.63) is 39.7 Å². The van der Waals surface area contributed by atoms with E-state index in [9.17, 15) is 14.4 Å². The lowest BCUT2D eigenvalue weighted by Gasteiger charge is -2.30. The average Bonchev–Trinajstić information content (AvgIpc) is 3.43. The molecule has 2 fully saturated rings. The molecule has 2 N–H and O–H groups in total. The van der Waals surface area contributed by atoms with Crippen molar-refractivity contribution in [2.75, 3.05) is 18.4 Å². The summed E-state index contributed by atoms with van der Waals surface area (Å²) in [6.07, 6.45) is 4.91. The number of aryl methyl sites for hydroxylation is 2. The second-order valence-corrected chi connectivity index (χ2v) is 9.13. The molecule has 31 heavy (non-hydrogen) atoms. The number of carbonyl (C=O) groups is 2. The standard InChI is InChI=1S/C24H31N3O4/c1-14-9-24(30)31-22-8-15(2)21(11-20(14)22)26-23(29)10-18-6-7-19(12-25-16(3)28)27(18)13-17-4-5-17/h8-9,11,17-19H,4-7,10,12-13H2,1-3H3,(H,25,28)(H,26,29)/t18-,19+/m0/s1. The van der Waals surface area contributed by atoms with Crippen molar-refractivity contribution in [1.82, 2.24) is 10.2 Å². The van der Waals surface area contributed by atoms with Crippen LogP contribution < -0.4 is 16.3 Å². The molecule has 7 heteroatoms. The Morgan fingerprint density at radius 3 is 2.52 bits per heavy atom. The first kappa shape index (κ1) is 21.6. The molecule has 166 valence electrons. The van der Waals surface area contributed by atoms with Crippen LogP contribution in [0.4, 0.5) is 5.69 Å². The van der Waals surface area contributed by atoms with Gasteiger partial charge in [0.15, 0.2) is 0 Å². The zero-order valence-corrected chi connectivity index (χ0v) is 18.5. The highest BCUT2D eigenvalue weighted by Crippen LogP contribution is 2.35.